The number of likely N-dealkylation sites (tertiary alicyclic amines) is 1. The van der Waals surface area contributed by atoms with Gasteiger partial charge < -0.3 is 20.3 Å². The van der Waals surface area contributed by atoms with Crippen LogP contribution >= 0.6 is 11.8 Å². The molecule has 0 saturated carbocycles. The van der Waals surface area contributed by atoms with Crippen molar-refractivity contribution in [2.75, 3.05) is 19.3 Å². The molecule has 7 heteroatoms. The number of piperidine rings is 1. The lowest BCUT2D eigenvalue weighted by atomic mass is 9.94. The van der Waals surface area contributed by atoms with Gasteiger partial charge in [-0.2, -0.15) is 11.8 Å². The fourth-order valence-corrected chi connectivity index (χ4v) is 3.30. The SMILES string of the molecule is CSC1(C(N)=NO)CCN(C(=O)c2occc2C)CC1. The van der Waals surface area contributed by atoms with Crippen LogP contribution in [-0.2, 0) is 0 Å². The Hall–Kier alpha value is -1.63. The van der Waals surface area contributed by atoms with Crippen molar-refractivity contribution in [3.8, 4) is 0 Å². The molecule has 1 aliphatic rings. The highest BCUT2D eigenvalue weighted by atomic mass is 32.2. The first kappa shape index (κ1) is 14.8. The Kier molecular flexibility index (Phi) is 4.27. The van der Waals surface area contributed by atoms with Crippen molar-refractivity contribution < 1.29 is 14.4 Å². The van der Waals surface area contributed by atoms with E-state index >= 15 is 0 Å². The molecule has 1 saturated heterocycles. The molecule has 20 heavy (non-hydrogen) atoms. The van der Waals surface area contributed by atoms with Crippen LogP contribution in [0.25, 0.3) is 0 Å². The third-order valence-corrected chi connectivity index (χ3v) is 5.28. The molecule has 0 aliphatic carbocycles. The molecule has 110 valence electrons. The van der Waals surface area contributed by atoms with E-state index in [4.69, 9.17) is 15.4 Å². The average molecular weight is 297 g/mol. The molecule has 2 heterocycles. The van der Waals surface area contributed by atoms with Crippen molar-refractivity contribution in [2.45, 2.75) is 24.5 Å². The van der Waals surface area contributed by atoms with Gasteiger partial charge in [0, 0.05) is 18.7 Å². The predicted molar refractivity (Wildman–Crippen MR) is 78.2 cm³/mol. The number of rotatable bonds is 3. The Bertz CT molecular complexity index is 519. The second kappa shape index (κ2) is 5.78. The van der Waals surface area contributed by atoms with Gasteiger partial charge >= 0.3 is 0 Å². The number of nitrogens with zero attached hydrogens (tertiary/aromatic N) is 2. The standard InChI is InChI=1S/C13H19N3O3S/c1-9-3-8-19-10(9)11(17)16-6-4-13(20-2,5-7-16)12(14)15-18/h3,8,18H,4-7H2,1-2H3,(H2,14,15). The summed E-state index contributed by atoms with van der Waals surface area (Å²) in [5, 5.41) is 12.0. The van der Waals surface area contributed by atoms with Gasteiger partial charge in [-0.05, 0) is 32.1 Å². The summed E-state index contributed by atoms with van der Waals surface area (Å²) in [4.78, 5) is 14.1. The maximum Gasteiger partial charge on any atom is 0.289 e. The number of thioether (sulfide) groups is 1. The first-order valence-electron chi connectivity index (χ1n) is 6.40. The van der Waals surface area contributed by atoms with Gasteiger partial charge in [0.2, 0.25) is 0 Å². The number of aryl methyl sites for hydroxylation is 1. The van der Waals surface area contributed by atoms with E-state index < -0.39 is 0 Å². The van der Waals surface area contributed by atoms with Gasteiger partial charge in [-0.25, -0.2) is 0 Å². The molecule has 1 amide bonds. The predicted octanol–water partition coefficient (Wildman–Crippen LogP) is 1.67. The normalized spacial score (nSPS) is 19.1. The number of hydrogen-bond acceptors (Lipinski definition) is 5. The summed E-state index contributed by atoms with van der Waals surface area (Å²) in [7, 11) is 0. The molecule has 6 nitrogen and oxygen atoms in total. The van der Waals surface area contributed by atoms with Crippen molar-refractivity contribution in [1.29, 1.82) is 0 Å². The molecule has 0 unspecified atom stereocenters. The van der Waals surface area contributed by atoms with Gasteiger partial charge in [-0.3, -0.25) is 4.79 Å². The van der Waals surface area contributed by atoms with Crippen molar-refractivity contribution in [1.82, 2.24) is 4.90 Å². The van der Waals surface area contributed by atoms with E-state index in [0.717, 1.165) is 5.56 Å². The summed E-state index contributed by atoms with van der Waals surface area (Å²) < 4.78 is 4.86. The summed E-state index contributed by atoms with van der Waals surface area (Å²) in [6, 6.07) is 1.78. The van der Waals surface area contributed by atoms with Crippen molar-refractivity contribution in [2.24, 2.45) is 10.9 Å². The van der Waals surface area contributed by atoms with Gasteiger partial charge in [0.15, 0.2) is 11.6 Å². The molecule has 2 rings (SSSR count). The largest absolute Gasteiger partial charge is 0.459 e. The number of hydrogen-bond donors (Lipinski definition) is 2. The van der Waals surface area contributed by atoms with Crippen LogP contribution in [0.5, 0.6) is 0 Å². The van der Waals surface area contributed by atoms with Crippen LogP contribution in [0.4, 0.5) is 0 Å². The lowest BCUT2D eigenvalue weighted by Gasteiger charge is -2.39. The Labute approximate surface area is 122 Å². The fraction of sp³-hybridized carbons (Fsp3) is 0.538. The van der Waals surface area contributed by atoms with Crippen LogP contribution < -0.4 is 5.73 Å². The number of amidine groups is 1. The summed E-state index contributed by atoms with van der Waals surface area (Å²) in [5.74, 6) is 0.526. The lowest BCUT2D eigenvalue weighted by molar-refractivity contribution is 0.0684. The van der Waals surface area contributed by atoms with Crippen LogP contribution in [0.2, 0.25) is 0 Å². The molecule has 1 aliphatic heterocycles. The number of amides is 1. The van der Waals surface area contributed by atoms with E-state index in [1.165, 1.54) is 6.26 Å². The van der Waals surface area contributed by atoms with E-state index in [2.05, 4.69) is 5.16 Å². The molecule has 0 aromatic carbocycles. The van der Waals surface area contributed by atoms with Gasteiger partial charge in [-0.1, -0.05) is 5.16 Å². The van der Waals surface area contributed by atoms with Gasteiger partial charge in [0.1, 0.15) is 0 Å². The van der Waals surface area contributed by atoms with E-state index in [0.29, 0.717) is 31.7 Å². The first-order chi connectivity index (χ1) is 9.54. The molecule has 3 N–H and O–H groups in total. The third-order valence-electron chi connectivity index (χ3n) is 3.88. The monoisotopic (exact) mass is 297 g/mol. The van der Waals surface area contributed by atoms with Gasteiger partial charge in [-0.15, -0.1) is 0 Å². The molecule has 0 spiro atoms. The number of oxime groups is 1. The molecule has 1 aromatic rings. The van der Waals surface area contributed by atoms with Crippen molar-refractivity contribution in [3.05, 3.63) is 23.7 Å². The topological polar surface area (TPSA) is 92.1 Å². The maximum atomic E-state index is 12.3. The third kappa shape index (κ3) is 2.49. The van der Waals surface area contributed by atoms with Gasteiger partial charge in [0.25, 0.3) is 5.91 Å². The highest BCUT2D eigenvalue weighted by Gasteiger charge is 2.39. The molecule has 1 fully saturated rings. The average Bonchev–Trinajstić information content (AvgIpc) is 2.91. The Morgan fingerprint density at radius 3 is 2.65 bits per heavy atom. The van der Waals surface area contributed by atoms with E-state index in [1.807, 2.05) is 13.2 Å². The van der Waals surface area contributed by atoms with E-state index in [9.17, 15) is 4.79 Å². The van der Waals surface area contributed by atoms with Gasteiger partial charge in [0.05, 0.1) is 11.0 Å². The molecular formula is C13H19N3O3S. The van der Waals surface area contributed by atoms with Crippen molar-refractivity contribution in [3.63, 3.8) is 0 Å². The fourth-order valence-electron chi connectivity index (χ4n) is 2.46. The van der Waals surface area contributed by atoms with E-state index in [-0.39, 0.29) is 16.5 Å². The Morgan fingerprint density at radius 2 is 2.20 bits per heavy atom. The summed E-state index contributed by atoms with van der Waals surface area (Å²) in [6.07, 6.45) is 4.78. The van der Waals surface area contributed by atoms with Crippen molar-refractivity contribution >= 4 is 23.5 Å². The van der Waals surface area contributed by atoms with Crippen LogP contribution in [0, 0.1) is 6.92 Å². The minimum atomic E-state index is -0.385. The van der Waals surface area contributed by atoms with Crippen LogP contribution in [0.15, 0.2) is 21.9 Å². The quantitative estimate of drug-likeness (QED) is 0.383. The highest BCUT2D eigenvalue weighted by Crippen LogP contribution is 2.35. The lowest BCUT2D eigenvalue weighted by Crippen LogP contribution is -2.51. The molecule has 0 atom stereocenters. The summed E-state index contributed by atoms with van der Waals surface area (Å²) in [5.41, 5.74) is 6.63. The minimum absolute atomic E-state index is 0.0956. The summed E-state index contributed by atoms with van der Waals surface area (Å²) >= 11 is 1.56. The zero-order valence-corrected chi connectivity index (χ0v) is 12.4. The van der Waals surface area contributed by atoms with Crippen LogP contribution in [-0.4, -0.2) is 45.9 Å². The Balaban J connectivity index is 2.08. The molecule has 1 aromatic heterocycles. The molecule has 0 radical (unpaired) electrons. The minimum Gasteiger partial charge on any atom is -0.459 e. The summed E-state index contributed by atoms with van der Waals surface area (Å²) in [6.45, 7) is 2.98. The molecular weight excluding hydrogens is 278 g/mol. The number of carbonyl (C=O) groups is 1. The van der Waals surface area contributed by atoms with Crippen LogP contribution in [0.3, 0.4) is 0 Å². The number of nitrogens with two attached hydrogens (primary N) is 1. The van der Waals surface area contributed by atoms with Crippen LogP contribution in [0.1, 0.15) is 29.0 Å². The highest BCUT2D eigenvalue weighted by molar-refractivity contribution is 8.00. The Morgan fingerprint density at radius 1 is 1.55 bits per heavy atom. The number of furan rings is 1. The zero-order valence-electron chi connectivity index (χ0n) is 11.6. The second-order valence-electron chi connectivity index (χ2n) is 4.91. The second-order valence-corrected chi connectivity index (χ2v) is 6.10. The smallest absolute Gasteiger partial charge is 0.289 e. The zero-order chi connectivity index (χ0) is 14.8. The van der Waals surface area contributed by atoms with E-state index in [1.54, 1.807) is 22.7 Å². The molecule has 0 bridgehead atoms. The maximum absolute atomic E-state index is 12.3. The number of carbonyl (C=O) groups excluding carboxylic acids is 1. The first-order valence-corrected chi connectivity index (χ1v) is 7.63.